The van der Waals surface area contributed by atoms with Gasteiger partial charge >= 0.3 is 0 Å². The van der Waals surface area contributed by atoms with Gasteiger partial charge in [0.25, 0.3) is 11.6 Å². The smallest absolute Gasteiger partial charge is 0.267 e. The molecule has 1 aromatic heterocycles. The predicted octanol–water partition coefficient (Wildman–Crippen LogP) is 3.16. The van der Waals surface area contributed by atoms with Gasteiger partial charge in [0.15, 0.2) is 0 Å². The van der Waals surface area contributed by atoms with Gasteiger partial charge in [-0.3, -0.25) is 25.0 Å². The number of nitro benzene ring substituents is 1. The fraction of sp³-hybridized carbons (Fsp3) is 0.154. The number of rotatable bonds is 3. The van der Waals surface area contributed by atoms with E-state index in [1.54, 1.807) is 4.68 Å². The average molecular weight is 338 g/mol. The van der Waals surface area contributed by atoms with Crippen molar-refractivity contribution in [3.63, 3.8) is 0 Å². The highest BCUT2D eigenvalue weighted by atomic mass is 79.9. The van der Waals surface area contributed by atoms with Crippen LogP contribution in [0, 0.1) is 24.0 Å². The van der Waals surface area contributed by atoms with Crippen molar-refractivity contribution in [2.75, 3.05) is 5.43 Å². The number of nitrogens with one attached hydrogen (secondary N) is 1. The van der Waals surface area contributed by atoms with Crippen LogP contribution in [0.4, 0.5) is 5.69 Å². The van der Waals surface area contributed by atoms with Crippen LogP contribution in [0.2, 0.25) is 0 Å². The minimum atomic E-state index is -0.535. The zero-order valence-corrected chi connectivity index (χ0v) is 12.5. The maximum Gasteiger partial charge on any atom is 0.284 e. The van der Waals surface area contributed by atoms with Crippen LogP contribution in [0.15, 0.2) is 34.8 Å². The molecule has 0 unspecified atom stereocenters. The number of nitrogens with zero attached hydrogens (tertiary/aromatic N) is 2. The van der Waals surface area contributed by atoms with E-state index in [1.165, 1.54) is 18.2 Å². The fourth-order valence-corrected chi connectivity index (χ4v) is 2.43. The van der Waals surface area contributed by atoms with E-state index in [4.69, 9.17) is 0 Å². The highest BCUT2D eigenvalue weighted by Gasteiger charge is 2.20. The van der Waals surface area contributed by atoms with E-state index < -0.39 is 10.8 Å². The van der Waals surface area contributed by atoms with Gasteiger partial charge < -0.3 is 0 Å². The highest BCUT2D eigenvalue weighted by Crippen LogP contribution is 2.28. The van der Waals surface area contributed by atoms with Crippen LogP contribution in [0.3, 0.4) is 0 Å². The van der Waals surface area contributed by atoms with Crippen LogP contribution in [-0.4, -0.2) is 15.5 Å². The number of carbonyl (C=O) groups excluding carboxylic acids is 1. The molecule has 0 fully saturated rings. The van der Waals surface area contributed by atoms with E-state index in [-0.39, 0.29) is 15.7 Å². The summed E-state index contributed by atoms with van der Waals surface area (Å²) in [6, 6.07) is 8.09. The van der Waals surface area contributed by atoms with Crippen LogP contribution in [-0.2, 0) is 0 Å². The lowest BCUT2D eigenvalue weighted by Crippen LogP contribution is -2.25. The lowest BCUT2D eigenvalue weighted by atomic mass is 10.2. The summed E-state index contributed by atoms with van der Waals surface area (Å²) in [7, 11) is 0. The molecule has 0 aliphatic carbocycles. The Bertz CT molecular complexity index is 675. The molecule has 0 bridgehead atoms. The number of aryl methyl sites for hydroxylation is 2. The molecule has 7 heteroatoms. The van der Waals surface area contributed by atoms with Gasteiger partial charge in [0.05, 0.1) is 10.5 Å². The van der Waals surface area contributed by atoms with Crippen molar-refractivity contribution in [1.82, 2.24) is 4.68 Å². The molecule has 0 spiro atoms. The Morgan fingerprint density at radius 2 is 1.85 bits per heavy atom. The fourth-order valence-electron chi connectivity index (χ4n) is 1.84. The molecule has 0 saturated heterocycles. The number of amides is 1. The monoisotopic (exact) mass is 337 g/mol. The van der Waals surface area contributed by atoms with E-state index in [1.807, 2.05) is 26.0 Å². The Morgan fingerprint density at radius 3 is 2.40 bits per heavy atom. The zero-order chi connectivity index (χ0) is 14.9. The molecule has 1 heterocycles. The number of nitro groups is 1. The minimum Gasteiger partial charge on any atom is -0.267 e. The number of carbonyl (C=O) groups is 1. The van der Waals surface area contributed by atoms with Crippen LogP contribution in [0.25, 0.3) is 0 Å². The van der Waals surface area contributed by atoms with E-state index in [0.717, 1.165) is 11.4 Å². The second-order valence-electron chi connectivity index (χ2n) is 4.29. The zero-order valence-electron chi connectivity index (χ0n) is 10.9. The quantitative estimate of drug-likeness (QED) is 0.690. The molecular weight excluding hydrogens is 326 g/mol. The van der Waals surface area contributed by atoms with Crippen LogP contribution in [0.5, 0.6) is 0 Å². The van der Waals surface area contributed by atoms with Gasteiger partial charge in [-0.2, -0.15) is 0 Å². The summed E-state index contributed by atoms with van der Waals surface area (Å²) >= 11 is 3.11. The Hall–Kier alpha value is -2.15. The summed E-state index contributed by atoms with van der Waals surface area (Å²) in [4.78, 5) is 22.6. The molecule has 1 aromatic carbocycles. The first kappa shape index (κ1) is 14.3. The number of benzene rings is 1. The number of hydrogen-bond donors (Lipinski definition) is 1. The summed E-state index contributed by atoms with van der Waals surface area (Å²) in [5, 5.41) is 10.9. The molecule has 0 aliphatic heterocycles. The highest BCUT2D eigenvalue weighted by molar-refractivity contribution is 9.10. The van der Waals surface area contributed by atoms with Crippen molar-refractivity contribution >= 4 is 27.5 Å². The van der Waals surface area contributed by atoms with Crippen molar-refractivity contribution in [3.8, 4) is 0 Å². The van der Waals surface area contributed by atoms with E-state index in [2.05, 4.69) is 21.4 Å². The third-order valence-electron chi connectivity index (χ3n) is 2.90. The summed E-state index contributed by atoms with van der Waals surface area (Å²) in [6.45, 7) is 3.71. The van der Waals surface area contributed by atoms with Crippen molar-refractivity contribution in [3.05, 3.63) is 61.9 Å². The Morgan fingerprint density at radius 1 is 1.25 bits per heavy atom. The second-order valence-corrected chi connectivity index (χ2v) is 5.08. The van der Waals surface area contributed by atoms with Crippen LogP contribution >= 0.6 is 15.9 Å². The molecule has 0 radical (unpaired) electrons. The summed E-state index contributed by atoms with van der Waals surface area (Å²) in [6.07, 6.45) is 0. The van der Waals surface area contributed by atoms with E-state index in [0.29, 0.717) is 0 Å². The molecule has 2 rings (SSSR count). The second kappa shape index (κ2) is 5.46. The standard InChI is InChI=1S/C13H12BrN3O3/c1-8-6-7-9(2)16(8)15-13(18)10-4-3-5-11(12(10)14)17(19)20/h3-7H,1-2H3,(H,15,18). The van der Waals surface area contributed by atoms with E-state index >= 15 is 0 Å². The van der Waals surface area contributed by atoms with Crippen LogP contribution < -0.4 is 5.43 Å². The molecule has 0 atom stereocenters. The lowest BCUT2D eigenvalue weighted by Gasteiger charge is -2.12. The number of aromatic nitrogens is 1. The first-order valence-electron chi connectivity index (χ1n) is 5.81. The largest absolute Gasteiger partial charge is 0.284 e. The summed E-state index contributed by atoms with van der Waals surface area (Å²) in [5.74, 6) is -0.414. The molecule has 0 aliphatic rings. The minimum absolute atomic E-state index is 0.140. The maximum absolute atomic E-state index is 12.2. The summed E-state index contributed by atoms with van der Waals surface area (Å²) in [5.41, 5.74) is 4.53. The van der Waals surface area contributed by atoms with Crippen molar-refractivity contribution in [2.24, 2.45) is 0 Å². The van der Waals surface area contributed by atoms with Crippen LogP contribution in [0.1, 0.15) is 21.7 Å². The van der Waals surface area contributed by atoms with Gasteiger partial charge in [-0.15, -0.1) is 0 Å². The normalized spacial score (nSPS) is 10.3. The Labute approximate surface area is 123 Å². The van der Waals surface area contributed by atoms with Gasteiger partial charge in [-0.05, 0) is 48.0 Å². The Balaban J connectivity index is 2.35. The first-order valence-corrected chi connectivity index (χ1v) is 6.60. The van der Waals surface area contributed by atoms with Gasteiger partial charge in [-0.1, -0.05) is 6.07 Å². The Kier molecular flexibility index (Phi) is 3.89. The third kappa shape index (κ3) is 2.57. The molecule has 20 heavy (non-hydrogen) atoms. The summed E-state index contributed by atoms with van der Waals surface area (Å²) < 4.78 is 1.80. The molecule has 2 aromatic rings. The molecule has 1 amide bonds. The predicted molar refractivity (Wildman–Crippen MR) is 78.4 cm³/mol. The van der Waals surface area contributed by atoms with Crippen molar-refractivity contribution in [1.29, 1.82) is 0 Å². The van der Waals surface area contributed by atoms with Crippen molar-refractivity contribution in [2.45, 2.75) is 13.8 Å². The molecule has 6 nitrogen and oxygen atoms in total. The van der Waals surface area contributed by atoms with Gasteiger partial charge in [-0.25, -0.2) is 0 Å². The van der Waals surface area contributed by atoms with E-state index in [9.17, 15) is 14.9 Å². The number of hydrogen-bond acceptors (Lipinski definition) is 3. The maximum atomic E-state index is 12.2. The molecule has 104 valence electrons. The number of halogens is 1. The topological polar surface area (TPSA) is 77.2 Å². The van der Waals surface area contributed by atoms with Gasteiger partial charge in [0, 0.05) is 17.5 Å². The first-order chi connectivity index (χ1) is 9.41. The SMILES string of the molecule is Cc1ccc(C)n1NC(=O)c1cccc([N+](=O)[O-])c1Br. The molecular formula is C13H12BrN3O3. The molecule has 1 N–H and O–H groups in total. The third-order valence-corrected chi connectivity index (χ3v) is 3.74. The molecule has 0 saturated carbocycles. The lowest BCUT2D eigenvalue weighted by molar-refractivity contribution is -0.385. The van der Waals surface area contributed by atoms with Gasteiger partial charge in [0.1, 0.15) is 4.47 Å². The van der Waals surface area contributed by atoms with Crippen molar-refractivity contribution < 1.29 is 9.72 Å². The average Bonchev–Trinajstić information content (AvgIpc) is 2.70. The van der Waals surface area contributed by atoms with Gasteiger partial charge in [0.2, 0.25) is 0 Å².